The van der Waals surface area contributed by atoms with Gasteiger partial charge in [-0.2, -0.15) is 0 Å². The molecule has 1 heterocycles. The van der Waals surface area contributed by atoms with Gasteiger partial charge in [0.05, 0.1) is 4.88 Å². The van der Waals surface area contributed by atoms with E-state index < -0.39 is 0 Å². The van der Waals surface area contributed by atoms with E-state index in [4.69, 9.17) is 0 Å². The van der Waals surface area contributed by atoms with Crippen molar-refractivity contribution in [1.82, 2.24) is 0 Å². The Morgan fingerprint density at radius 1 is 0.882 bits per heavy atom. The van der Waals surface area contributed by atoms with Crippen LogP contribution < -0.4 is 0 Å². The SMILES string of the molecule is O=C(c1cccs1)c1cccc2ccccc12. The van der Waals surface area contributed by atoms with Crippen LogP contribution in [0.1, 0.15) is 15.2 Å². The number of carbonyl (C=O) groups is 1. The molecule has 0 radical (unpaired) electrons. The third-order valence-corrected chi connectivity index (χ3v) is 3.65. The number of carbonyl (C=O) groups excluding carboxylic acids is 1. The first-order valence-electron chi connectivity index (χ1n) is 5.42. The minimum atomic E-state index is 0.108. The zero-order valence-electron chi connectivity index (χ0n) is 9.09. The number of thiophene rings is 1. The summed E-state index contributed by atoms with van der Waals surface area (Å²) in [6, 6.07) is 17.6. The maximum absolute atomic E-state index is 12.3. The Morgan fingerprint density at radius 2 is 1.71 bits per heavy atom. The van der Waals surface area contributed by atoms with Crippen molar-refractivity contribution in [2.24, 2.45) is 0 Å². The first-order chi connectivity index (χ1) is 8.36. The van der Waals surface area contributed by atoms with Crippen LogP contribution in [0.2, 0.25) is 0 Å². The fourth-order valence-corrected chi connectivity index (χ4v) is 2.64. The van der Waals surface area contributed by atoms with Gasteiger partial charge < -0.3 is 0 Å². The van der Waals surface area contributed by atoms with Gasteiger partial charge in [0.15, 0.2) is 0 Å². The number of fused-ring (bicyclic) bond motifs is 1. The summed E-state index contributed by atoms with van der Waals surface area (Å²) in [4.78, 5) is 13.1. The molecule has 1 aromatic heterocycles. The summed E-state index contributed by atoms with van der Waals surface area (Å²) < 4.78 is 0. The summed E-state index contributed by atoms with van der Waals surface area (Å²) in [5.74, 6) is 0.108. The fraction of sp³-hybridized carbons (Fsp3) is 0. The van der Waals surface area contributed by atoms with Crippen LogP contribution in [0.15, 0.2) is 60.0 Å². The van der Waals surface area contributed by atoms with Gasteiger partial charge in [-0.1, -0.05) is 48.5 Å². The highest BCUT2D eigenvalue weighted by Crippen LogP contribution is 2.22. The van der Waals surface area contributed by atoms with E-state index in [1.807, 2.05) is 60.0 Å². The van der Waals surface area contributed by atoms with E-state index in [0.29, 0.717) is 0 Å². The molecular formula is C15H10OS. The predicted molar refractivity (Wildman–Crippen MR) is 71.7 cm³/mol. The molecule has 2 aromatic carbocycles. The monoisotopic (exact) mass is 238 g/mol. The van der Waals surface area contributed by atoms with E-state index in [-0.39, 0.29) is 5.78 Å². The molecule has 0 saturated heterocycles. The molecule has 0 unspecified atom stereocenters. The third kappa shape index (κ3) is 1.77. The number of ketones is 1. The van der Waals surface area contributed by atoms with Crippen LogP contribution in [-0.2, 0) is 0 Å². The first-order valence-corrected chi connectivity index (χ1v) is 6.30. The normalized spacial score (nSPS) is 10.6. The summed E-state index contributed by atoms with van der Waals surface area (Å²) in [6.45, 7) is 0. The molecule has 1 nitrogen and oxygen atoms in total. The summed E-state index contributed by atoms with van der Waals surface area (Å²) in [7, 11) is 0. The lowest BCUT2D eigenvalue weighted by molar-refractivity contribution is 0.104. The Balaban J connectivity index is 2.21. The predicted octanol–water partition coefficient (Wildman–Crippen LogP) is 4.13. The molecule has 0 fully saturated rings. The Labute approximate surface area is 103 Å². The van der Waals surface area contributed by atoms with Gasteiger partial charge in [0.1, 0.15) is 0 Å². The summed E-state index contributed by atoms with van der Waals surface area (Å²) >= 11 is 1.48. The highest BCUT2D eigenvalue weighted by atomic mass is 32.1. The van der Waals surface area contributed by atoms with E-state index >= 15 is 0 Å². The van der Waals surface area contributed by atoms with Crippen LogP contribution in [-0.4, -0.2) is 5.78 Å². The van der Waals surface area contributed by atoms with Crippen molar-refractivity contribution in [2.45, 2.75) is 0 Å². The van der Waals surface area contributed by atoms with Crippen molar-refractivity contribution in [1.29, 1.82) is 0 Å². The number of hydrogen-bond acceptors (Lipinski definition) is 2. The van der Waals surface area contributed by atoms with Crippen LogP contribution in [0.25, 0.3) is 10.8 Å². The van der Waals surface area contributed by atoms with Gasteiger partial charge in [-0.15, -0.1) is 11.3 Å². The number of benzene rings is 2. The number of rotatable bonds is 2. The molecule has 2 heteroatoms. The largest absolute Gasteiger partial charge is 0.288 e. The number of hydrogen-bond donors (Lipinski definition) is 0. The molecule has 0 bridgehead atoms. The summed E-state index contributed by atoms with van der Waals surface area (Å²) in [5, 5.41) is 4.06. The Kier molecular flexibility index (Phi) is 2.50. The van der Waals surface area contributed by atoms with Crippen LogP contribution in [0.5, 0.6) is 0 Å². The van der Waals surface area contributed by atoms with Crippen LogP contribution in [0, 0.1) is 0 Å². The average Bonchev–Trinajstić information content (AvgIpc) is 2.91. The smallest absolute Gasteiger partial charge is 0.203 e. The van der Waals surface area contributed by atoms with Gasteiger partial charge in [-0.25, -0.2) is 0 Å². The van der Waals surface area contributed by atoms with Crippen molar-refractivity contribution >= 4 is 27.9 Å². The first kappa shape index (κ1) is 10.2. The summed E-state index contributed by atoms with van der Waals surface area (Å²) in [6.07, 6.45) is 0. The third-order valence-electron chi connectivity index (χ3n) is 2.78. The van der Waals surface area contributed by atoms with E-state index in [2.05, 4.69) is 0 Å². The molecule has 3 aromatic rings. The van der Waals surface area contributed by atoms with Gasteiger partial charge >= 0.3 is 0 Å². The van der Waals surface area contributed by atoms with Gasteiger partial charge in [0, 0.05) is 5.56 Å². The van der Waals surface area contributed by atoms with Crippen LogP contribution in [0.4, 0.5) is 0 Å². The molecule has 0 aliphatic heterocycles. The lowest BCUT2D eigenvalue weighted by Gasteiger charge is -2.03. The maximum Gasteiger partial charge on any atom is 0.203 e. The Morgan fingerprint density at radius 3 is 2.53 bits per heavy atom. The standard InChI is InChI=1S/C15H10OS/c16-15(14-9-4-10-17-14)13-8-3-6-11-5-1-2-7-12(11)13/h1-10H. The molecule has 82 valence electrons. The van der Waals surface area contributed by atoms with Crippen molar-refractivity contribution < 1.29 is 4.79 Å². The van der Waals surface area contributed by atoms with E-state index in [0.717, 1.165) is 21.2 Å². The van der Waals surface area contributed by atoms with Gasteiger partial charge in [-0.05, 0) is 22.2 Å². The van der Waals surface area contributed by atoms with Crippen molar-refractivity contribution in [3.8, 4) is 0 Å². The molecule has 0 N–H and O–H groups in total. The maximum atomic E-state index is 12.3. The van der Waals surface area contributed by atoms with E-state index in [9.17, 15) is 4.79 Å². The second kappa shape index (κ2) is 4.15. The molecule has 0 aliphatic rings. The minimum Gasteiger partial charge on any atom is -0.288 e. The second-order valence-corrected chi connectivity index (χ2v) is 4.78. The van der Waals surface area contributed by atoms with Crippen LogP contribution >= 0.6 is 11.3 Å². The highest BCUT2D eigenvalue weighted by molar-refractivity contribution is 7.12. The van der Waals surface area contributed by atoms with Gasteiger partial charge in [0.2, 0.25) is 5.78 Å². The minimum absolute atomic E-state index is 0.108. The molecule has 0 spiro atoms. The zero-order valence-corrected chi connectivity index (χ0v) is 9.91. The van der Waals surface area contributed by atoms with Gasteiger partial charge in [-0.3, -0.25) is 4.79 Å². The van der Waals surface area contributed by atoms with Crippen molar-refractivity contribution in [2.75, 3.05) is 0 Å². The van der Waals surface area contributed by atoms with Gasteiger partial charge in [0.25, 0.3) is 0 Å². The molecule has 0 saturated carbocycles. The quantitative estimate of drug-likeness (QED) is 0.613. The highest BCUT2D eigenvalue weighted by Gasteiger charge is 2.12. The fourth-order valence-electron chi connectivity index (χ4n) is 1.96. The molecule has 17 heavy (non-hydrogen) atoms. The molecule has 3 rings (SSSR count). The van der Waals surface area contributed by atoms with Crippen molar-refractivity contribution in [3.05, 3.63) is 70.4 Å². The second-order valence-electron chi connectivity index (χ2n) is 3.83. The van der Waals surface area contributed by atoms with E-state index in [1.54, 1.807) is 0 Å². The Bertz CT molecular complexity index is 663. The zero-order chi connectivity index (χ0) is 11.7. The molecular weight excluding hydrogens is 228 g/mol. The molecule has 0 amide bonds. The lowest BCUT2D eigenvalue weighted by atomic mass is 10.0. The van der Waals surface area contributed by atoms with E-state index in [1.165, 1.54) is 11.3 Å². The molecule has 0 atom stereocenters. The lowest BCUT2D eigenvalue weighted by Crippen LogP contribution is -1.99. The average molecular weight is 238 g/mol. The summed E-state index contributed by atoms with van der Waals surface area (Å²) in [5.41, 5.74) is 0.783. The van der Waals surface area contributed by atoms with Crippen LogP contribution in [0.3, 0.4) is 0 Å². The molecule has 0 aliphatic carbocycles. The van der Waals surface area contributed by atoms with Crippen molar-refractivity contribution in [3.63, 3.8) is 0 Å². The topological polar surface area (TPSA) is 17.1 Å². The Hall–Kier alpha value is -1.93.